The molecule has 0 bridgehead atoms. The summed E-state index contributed by atoms with van der Waals surface area (Å²) >= 11 is 0. The fourth-order valence-corrected chi connectivity index (χ4v) is 5.65. The number of nitrogens with one attached hydrogen (secondary N) is 4. The Labute approximate surface area is 225 Å². The van der Waals surface area contributed by atoms with Crippen LogP contribution in [0.1, 0.15) is 34.5 Å². The van der Waals surface area contributed by atoms with Gasteiger partial charge in [-0.2, -0.15) is 0 Å². The largest absolute Gasteiger partial charge is 0.496 e. The molecule has 1 fully saturated rings. The van der Waals surface area contributed by atoms with Crippen molar-refractivity contribution in [3.8, 4) is 5.75 Å². The number of rotatable bonds is 9. The first-order valence-corrected chi connectivity index (χ1v) is 13.1. The Kier molecular flexibility index (Phi) is 7.53. The topological polar surface area (TPSA) is 139 Å². The number of aromatic amines is 1. The van der Waals surface area contributed by atoms with E-state index < -0.39 is 35.8 Å². The molecule has 39 heavy (non-hydrogen) atoms. The first-order valence-electron chi connectivity index (χ1n) is 13.1. The number of ether oxygens (including phenoxy) is 2. The van der Waals surface area contributed by atoms with Crippen LogP contribution in [0.2, 0.25) is 0 Å². The number of hydrogen-bond acceptors (Lipinski definition) is 6. The molecule has 3 atom stereocenters. The molecule has 2 aromatic carbocycles. The van der Waals surface area contributed by atoms with Crippen LogP contribution in [-0.2, 0) is 32.0 Å². The smallest absolute Gasteiger partial charge is 0.328 e. The standard InChI is InChI=1S/C29H32N4O6/c1-38-24-9-5-8-21-20(24)15-22(31-21)27(35)33-25(19-12-16-6-3-4-7-17(16)13-19)28(36)32-23(29(37)39-2)14-18-10-11-30-26(18)34/h3-9,15,18-19,23,25,31H,10-14H2,1-2H3,(H,30,34)(H,32,36)(H,33,35)/t18-,23?,25-/m0/s1. The van der Waals surface area contributed by atoms with Crippen LogP contribution >= 0.6 is 0 Å². The number of benzene rings is 2. The molecule has 1 saturated heterocycles. The Morgan fingerprint density at radius 2 is 1.77 bits per heavy atom. The molecule has 0 spiro atoms. The highest BCUT2D eigenvalue weighted by Gasteiger charge is 2.38. The third-order valence-electron chi connectivity index (χ3n) is 7.70. The molecule has 2 aliphatic rings. The highest BCUT2D eigenvalue weighted by atomic mass is 16.5. The van der Waals surface area contributed by atoms with Gasteiger partial charge in [0.25, 0.3) is 5.91 Å². The zero-order valence-electron chi connectivity index (χ0n) is 21.9. The van der Waals surface area contributed by atoms with Crippen LogP contribution in [0.4, 0.5) is 0 Å². The summed E-state index contributed by atoms with van der Waals surface area (Å²) in [4.78, 5) is 55.0. The first kappa shape index (κ1) is 26.3. The molecule has 5 rings (SSSR count). The minimum absolute atomic E-state index is 0.123. The van der Waals surface area contributed by atoms with Gasteiger partial charge < -0.3 is 30.4 Å². The van der Waals surface area contributed by atoms with E-state index in [9.17, 15) is 19.2 Å². The highest BCUT2D eigenvalue weighted by Crippen LogP contribution is 2.30. The van der Waals surface area contributed by atoms with Crippen LogP contribution in [0.15, 0.2) is 48.5 Å². The number of aromatic nitrogens is 1. The number of hydrogen-bond donors (Lipinski definition) is 4. The molecule has 1 aromatic heterocycles. The average Bonchev–Trinajstić information content (AvgIpc) is 3.68. The molecule has 204 valence electrons. The minimum Gasteiger partial charge on any atom is -0.496 e. The summed E-state index contributed by atoms with van der Waals surface area (Å²) < 4.78 is 10.3. The lowest BCUT2D eigenvalue weighted by Gasteiger charge is -2.26. The molecule has 1 aliphatic carbocycles. The number of esters is 1. The van der Waals surface area contributed by atoms with Crippen LogP contribution in [0, 0.1) is 11.8 Å². The number of H-pyrrole nitrogens is 1. The Bertz CT molecular complexity index is 1390. The molecule has 2 heterocycles. The van der Waals surface area contributed by atoms with E-state index in [1.807, 2.05) is 36.4 Å². The van der Waals surface area contributed by atoms with Crippen LogP contribution in [-0.4, -0.2) is 61.5 Å². The van der Waals surface area contributed by atoms with Gasteiger partial charge in [-0.25, -0.2) is 4.79 Å². The molecule has 3 aromatic rings. The predicted molar refractivity (Wildman–Crippen MR) is 143 cm³/mol. The molecule has 1 aliphatic heterocycles. The van der Waals surface area contributed by atoms with Crippen molar-refractivity contribution in [2.24, 2.45) is 11.8 Å². The van der Waals surface area contributed by atoms with Crippen molar-refractivity contribution < 1.29 is 28.7 Å². The van der Waals surface area contributed by atoms with Gasteiger partial charge in [0.1, 0.15) is 23.5 Å². The van der Waals surface area contributed by atoms with Gasteiger partial charge in [0.2, 0.25) is 11.8 Å². The fraction of sp³-hybridized carbons (Fsp3) is 0.379. The molecule has 0 saturated carbocycles. The Morgan fingerprint density at radius 1 is 1.03 bits per heavy atom. The molecular weight excluding hydrogens is 500 g/mol. The van der Waals surface area contributed by atoms with Crippen LogP contribution in [0.5, 0.6) is 5.75 Å². The maximum atomic E-state index is 13.7. The Balaban J connectivity index is 1.39. The van der Waals surface area contributed by atoms with Crippen LogP contribution < -0.4 is 20.7 Å². The number of carbonyl (C=O) groups excluding carboxylic acids is 4. The normalized spacial score (nSPS) is 18.2. The number of fused-ring (bicyclic) bond motifs is 2. The lowest BCUT2D eigenvalue weighted by atomic mass is 9.94. The Morgan fingerprint density at radius 3 is 2.41 bits per heavy atom. The summed E-state index contributed by atoms with van der Waals surface area (Å²) in [5.74, 6) is -1.73. The summed E-state index contributed by atoms with van der Waals surface area (Å²) in [5.41, 5.74) is 3.26. The van der Waals surface area contributed by atoms with Crippen molar-refractivity contribution in [3.63, 3.8) is 0 Å². The van der Waals surface area contributed by atoms with E-state index >= 15 is 0 Å². The third-order valence-corrected chi connectivity index (χ3v) is 7.70. The van der Waals surface area contributed by atoms with E-state index in [4.69, 9.17) is 9.47 Å². The van der Waals surface area contributed by atoms with Gasteiger partial charge >= 0.3 is 5.97 Å². The SMILES string of the molecule is COC(=O)C(C[C@@H]1CCNC1=O)NC(=O)[C@@H](NC(=O)c1cc2c(OC)cccc2[nH]1)C1Cc2ccccc2C1. The van der Waals surface area contributed by atoms with Gasteiger partial charge in [-0.15, -0.1) is 0 Å². The van der Waals surface area contributed by atoms with Gasteiger partial charge in [0.05, 0.1) is 14.2 Å². The van der Waals surface area contributed by atoms with Gasteiger partial charge in [-0.3, -0.25) is 14.4 Å². The summed E-state index contributed by atoms with van der Waals surface area (Å²) in [6.07, 6.45) is 1.90. The second kappa shape index (κ2) is 11.2. The second-order valence-corrected chi connectivity index (χ2v) is 10.1. The van der Waals surface area contributed by atoms with Crippen molar-refractivity contribution in [2.75, 3.05) is 20.8 Å². The zero-order valence-corrected chi connectivity index (χ0v) is 21.9. The van der Waals surface area contributed by atoms with Gasteiger partial charge in [-0.05, 0) is 60.9 Å². The zero-order chi connectivity index (χ0) is 27.5. The van der Waals surface area contributed by atoms with Crippen molar-refractivity contribution >= 4 is 34.6 Å². The first-order chi connectivity index (χ1) is 18.9. The number of amides is 3. The van der Waals surface area contributed by atoms with Gasteiger partial charge in [-0.1, -0.05) is 30.3 Å². The van der Waals surface area contributed by atoms with Crippen LogP contribution in [0.3, 0.4) is 0 Å². The number of methoxy groups -OCH3 is 2. The number of carbonyl (C=O) groups is 4. The van der Waals surface area contributed by atoms with Gasteiger partial charge in [0.15, 0.2) is 0 Å². The summed E-state index contributed by atoms with van der Waals surface area (Å²) in [5, 5.41) is 9.20. The monoisotopic (exact) mass is 532 g/mol. The highest BCUT2D eigenvalue weighted by molar-refractivity contribution is 6.02. The van der Waals surface area contributed by atoms with E-state index in [1.165, 1.54) is 7.11 Å². The molecule has 4 N–H and O–H groups in total. The van der Waals surface area contributed by atoms with Gasteiger partial charge in [0, 0.05) is 23.4 Å². The minimum atomic E-state index is -1.02. The second-order valence-electron chi connectivity index (χ2n) is 10.1. The summed E-state index contributed by atoms with van der Waals surface area (Å²) in [6.45, 7) is 0.527. The van der Waals surface area contributed by atoms with E-state index in [-0.39, 0.29) is 23.9 Å². The maximum Gasteiger partial charge on any atom is 0.328 e. The molecule has 10 nitrogen and oxygen atoms in total. The maximum absolute atomic E-state index is 13.7. The molecular formula is C29H32N4O6. The average molecular weight is 533 g/mol. The molecule has 10 heteroatoms. The molecule has 0 radical (unpaired) electrons. The third kappa shape index (κ3) is 5.45. The van der Waals surface area contributed by atoms with Crippen molar-refractivity contribution in [1.29, 1.82) is 0 Å². The van der Waals surface area contributed by atoms with E-state index in [0.717, 1.165) is 22.0 Å². The van der Waals surface area contributed by atoms with E-state index in [2.05, 4.69) is 20.9 Å². The van der Waals surface area contributed by atoms with Crippen molar-refractivity contribution in [1.82, 2.24) is 20.9 Å². The van der Waals surface area contributed by atoms with Crippen molar-refractivity contribution in [3.05, 3.63) is 65.4 Å². The summed E-state index contributed by atoms with van der Waals surface area (Å²) in [7, 11) is 2.81. The fourth-order valence-electron chi connectivity index (χ4n) is 5.65. The lowest BCUT2D eigenvalue weighted by molar-refractivity contribution is -0.146. The summed E-state index contributed by atoms with van der Waals surface area (Å²) in [6, 6.07) is 13.2. The Hall–Kier alpha value is -4.34. The lowest BCUT2D eigenvalue weighted by Crippen LogP contribution is -2.55. The van der Waals surface area contributed by atoms with E-state index in [1.54, 1.807) is 19.2 Å². The predicted octanol–water partition coefficient (Wildman–Crippen LogP) is 1.87. The molecule has 3 amide bonds. The van der Waals surface area contributed by atoms with E-state index in [0.29, 0.717) is 31.6 Å². The quantitative estimate of drug-likeness (QED) is 0.311. The van der Waals surface area contributed by atoms with Crippen LogP contribution in [0.25, 0.3) is 10.9 Å². The van der Waals surface area contributed by atoms with Crippen molar-refractivity contribution in [2.45, 2.75) is 37.8 Å². The molecule has 1 unspecified atom stereocenters.